The molecule has 3 nitrogen and oxygen atoms in total. The molecule has 7 heavy (non-hydrogen) atoms. The van der Waals surface area contributed by atoms with Crippen LogP contribution in [0, 0.1) is 0 Å². The summed E-state index contributed by atoms with van der Waals surface area (Å²) >= 11 is 0. The van der Waals surface area contributed by atoms with E-state index in [1.807, 2.05) is 0 Å². The van der Waals surface area contributed by atoms with Crippen molar-refractivity contribution in [3.05, 3.63) is 0 Å². The van der Waals surface area contributed by atoms with E-state index in [1.54, 1.807) is 0 Å². The Balaban J connectivity index is 2.82. The van der Waals surface area contributed by atoms with Crippen molar-refractivity contribution in [1.82, 2.24) is 0 Å². The minimum atomic E-state index is 0.435. The van der Waals surface area contributed by atoms with Crippen LogP contribution in [0.5, 0.6) is 0 Å². The zero-order chi connectivity index (χ0) is 5.54. The standard InChI is InChI=1S/C4H7NO2/c6-4-2-1-3-5-7/h3-4,7H,1-2H2. The van der Waals surface area contributed by atoms with Gasteiger partial charge in [0.05, 0.1) is 0 Å². The van der Waals surface area contributed by atoms with Crippen LogP contribution in [0.25, 0.3) is 0 Å². The quantitative estimate of drug-likeness (QED) is 0.184. The summed E-state index contributed by atoms with van der Waals surface area (Å²) in [5, 5.41) is 10.4. The van der Waals surface area contributed by atoms with Crippen molar-refractivity contribution in [2.24, 2.45) is 5.16 Å². The third-order valence-corrected chi connectivity index (χ3v) is 0.495. The van der Waals surface area contributed by atoms with Crippen molar-refractivity contribution in [2.45, 2.75) is 12.8 Å². The van der Waals surface area contributed by atoms with Gasteiger partial charge in [-0.1, -0.05) is 0 Å². The maximum Gasteiger partial charge on any atom is 0.120 e. The molecular weight excluding hydrogens is 94.0 g/mol. The summed E-state index contributed by atoms with van der Waals surface area (Å²) < 4.78 is 0. The summed E-state index contributed by atoms with van der Waals surface area (Å²) in [6.45, 7) is 0. The zero-order valence-corrected chi connectivity index (χ0v) is 3.87. The van der Waals surface area contributed by atoms with E-state index in [9.17, 15) is 4.79 Å². The van der Waals surface area contributed by atoms with Gasteiger partial charge >= 0.3 is 0 Å². The molecule has 0 atom stereocenters. The average molecular weight is 101 g/mol. The van der Waals surface area contributed by atoms with E-state index in [0.29, 0.717) is 12.8 Å². The van der Waals surface area contributed by atoms with Gasteiger partial charge in [-0.2, -0.15) is 0 Å². The van der Waals surface area contributed by atoms with Crippen LogP contribution in [0.1, 0.15) is 12.8 Å². The highest BCUT2D eigenvalue weighted by Gasteiger charge is 1.74. The lowest BCUT2D eigenvalue weighted by Crippen LogP contribution is -1.75. The molecule has 0 unspecified atom stereocenters. The van der Waals surface area contributed by atoms with Gasteiger partial charge in [-0.15, -0.1) is 5.16 Å². The van der Waals surface area contributed by atoms with E-state index in [4.69, 9.17) is 5.21 Å². The Morgan fingerprint density at radius 3 is 2.71 bits per heavy atom. The molecule has 0 spiro atoms. The van der Waals surface area contributed by atoms with Gasteiger partial charge in [-0.05, 0) is 6.42 Å². The molecule has 0 aliphatic heterocycles. The fourth-order valence-corrected chi connectivity index (χ4v) is 0.200. The number of unbranched alkanes of at least 4 members (excludes halogenated alkanes) is 1. The molecule has 0 aliphatic rings. The second-order valence-corrected chi connectivity index (χ2v) is 1.04. The van der Waals surface area contributed by atoms with Gasteiger partial charge in [0.25, 0.3) is 0 Å². The van der Waals surface area contributed by atoms with Gasteiger partial charge in [-0.25, -0.2) is 0 Å². The van der Waals surface area contributed by atoms with E-state index in [-0.39, 0.29) is 0 Å². The number of hydrogen-bond acceptors (Lipinski definition) is 3. The molecule has 0 heterocycles. The Labute approximate surface area is 41.6 Å². The molecule has 3 heteroatoms. The van der Waals surface area contributed by atoms with E-state index in [2.05, 4.69) is 5.16 Å². The molecule has 0 saturated carbocycles. The van der Waals surface area contributed by atoms with Gasteiger partial charge < -0.3 is 10.0 Å². The average Bonchev–Trinajstić information content (AvgIpc) is 1.69. The third-order valence-electron chi connectivity index (χ3n) is 0.495. The number of hydrogen-bond donors (Lipinski definition) is 1. The summed E-state index contributed by atoms with van der Waals surface area (Å²) in [7, 11) is 0. The molecule has 0 amide bonds. The lowest BCUT2D eigenvalue weighted by Gasteiger charge is -1.74. The highest BCUT2D eigenvalue weighted by molar-refractivity contribution is 5.62. The number of carbonyl (C=O) groups is 1. The summed E-state index contributed by atoms with van der Waals surface area (Å²) in [6.07, 6.45) is 3.03. The fraction of sp³-hybridized carbons (Fsp3) is 0.500. The van der Waals surface area contributed by atoms with Crippen LogP contribution in [0.15, 0.2) is 5.16 Å². The SMILES string of the molecule is O=CCCC=NO. The number of nitrogens with zero attached hydrogens (tertiary/aromatic N) is 1. The summed E-state index contributed by atoms with van der Waals surface area (Å²) in [6, 6.07) is 0. The monoisotopic (exact) mass is 101 g/mol. The molecule has 40 valence electrons. The van der Waals surface area contributed by atoms with Crippen molar-refractivity contribution in [3.63, 3.8) is 0 Å². The molecule has 0 fully saturated rings. The molecule has 0 radical (unpaired) electrons. The van der Waals surface area contributed by atoms with Gasteiger partial charge in [0.15, 0.2) is 0 Å². The predicted octanol–water partition coefficient (Wildman–Crippen LogP) is 0.426. The molecule has 0 aromatic rings. The Kier molecular flexibility index (Phi) is 4.51. The minimum absolute atomic E-state index is 0.435. The number of oxime groups is 1. The minimum Gasteiger partial charge on any atom is -0.411 e. The van der Waals surface area contributed by atoms with Gasteiger partial charge in [0.2, 0.25) is 0 Å². The van der Waals surface area contributed by atoms with Crippen LogP contribution in [-0.2, 0) is 4.79 Å². The summed E-state index contributed by atoms with van der Waals surface area (Å²) in [5.74, 6) is 0. The van der Waals surface area contributed by atoms with E-state index in [0.717, 1.165) is 6.29 Å². The lowest BCUT2D eigenvalue weighted by atomic mass is 10.4. The Hall–Kier alpha value is -0.860. The van der Waals surface area contributed by atoms with Crippen LogP contribution in [0.2, 0.25) is 0 Å². The predicted molar refractivity (Wildman–Crippen MR) is 25.6 cm³/mol. The van der Waals surface area contributed by atoms with Crippen molar-refractivity contribution < 1.29 is 10.0 Å². The van der Waals surface area contributed by atoms with E-state index >= 15 is 0 Å². The van der Waals surface area contributed by atoms with Crippen molar-refractivity contribution >= 4 is 12.5 Å². The lowest BCUT2D eigenvalue weighted by molar-refractivity contribution is -0.107. The van der Waals surface area contributed by atoms with Crippen LogP contribution in [0.4, 0.5) is 0 Å². The maximum atomic E-state index is 9.54. The second-order valence-electron chi connectivity index (χ2n) is 1.04. The Bertz CT molecular complexity index is 70.1. The van der Waals surface area contributed by atoms with Crippen LogP contribution in [-0.4, -0.2) is 17.7 Å². The molecule has 0 saturated heterocycles. The first kappa shape index (κ1) is 6.14. The van der Waals surface area contributed by atoms with Gasteiger partial charge in [0.1, 0.15) is 6.29 Å². The van der Waals surface area contributed by atoms with Crippen molar-refractivity contribution in [2.75, 3.05) is 0 Å². The first-order valence-corrected chi connectivity index (χ1v) is 2.01. The third kappa shape index (κ3) is 5.14. The first-order valence-electron chi connectivity index (χ1n) is 2.01. The molecule has 0 aromatic carbocycles. The van der Waals surface area contributed by atoms with Crippen LogP contribution >= 0.6 is 0 Å². The fourth-order valence-electron chi connectivity index (χ4n) is 0.200. The van der Waals surface area contributed by atoms with Gasteiger partial charge in [-0.3, -0.25) is 0 Å². The van der Waals surface area contributed by atoms with Gasteiger partial charge in [0, 0.05) is 12.6 Å². The number of carbonyl (C=O) groups excluding carboxylic acids is 1. The first-order chi connectivity index (χ1) is 3.41. The largest absolute Gasteiger partial charge is 0.411 e. The number of aldehydes is 1. The number of rotatable bonds is 3. The normalized spacial score (nSPS) is 9.71. The molecule has 0 rings (SSSR count). The highest BCUT2D eigenvalue weighted by Crippen LogP contribution is 1.75. The van der Waals surface area contributed by atoms with E-state index in [1.165, 1.54) is 6.21 Å². The molecule has 0 aromatic heterocycles. The van der Waals surface area contributed by atoms with Crippen molar-refractivity contribution in [3.8, 4) is 0 Å². The summed E-state index contributed by atoms with van der Waals surface area (Å²) in [4.78, 5) is 9.54. The molecule has 1 N–H and O–H groups in total. The zero-order valence-electron chi connectivity index (χ0n) is 3.87. The molecule has 0 aliphatic carbocycles. The second kappa shape index (κ2) is 5.14. The van der Waals surface area contributed by atoms with Crippen LogP contribution < -0.4 is 0 Å². The highest BCUT2D eigenvalue weighted by atomic mass is 16.4. The maximum absolute atomic E-state index is 9.54. The van der Waals surface area contributed by atoms with E-state index < -0.39 is 0 Å². The van der Waals surface area contributed by atoms with Crippen molar-refractivity contribution in [1.29, 1.82) is 0 Å². The Morgan fingerprint density at radius 1 is 1.57 bits per heavy atom. The molecular formula is C4H7NO2. The Morgan fingerprint density at radius 2 is 2.29 bits per heavy atom. The molecule has 0 bridgehead atoms. The summed E-state index contributed by atoms with van der Waals surface area (Å²) in [5.41, 5.74) is 0. The topological polar surface area (TPSA) is 49.7 Å². The van der Waals surface area contributed by atoms with Crippen LogP contribution in [0.3, 0.4) is 0 Å². The smallest absolute Gasteiger partial charge is 0.120 e.